The molecule has 3 aliphatic heterocycles. The predicted molar refractivity (Wildman–Crippen MR) is 80.1 cm³/mol. The Balaban J connectivity index is 1.53. The molecule has 3 saturated heterocycles. The summed E-state index contributed by atoms with van der Waals surface area (Å²) in [7, 11) is 1.88. The lowest BCUT2D eigenvalue weighted by atomic mass is 9.76. The van der Waals surface area contributed by atoms with Crippen molar-refractivity contribution in [3.63, 3.8) is 0 Å². The fourth-order valence-electron chi connectivity index (χ4n) is 4.46. The Morgan fingerprint density at radius 2 is 2.18 bits per heavy atom. The molecule has 2 amide bonds. The van der Waals surface area contributed by atoms with Crippen molar-refractivity contribution < 1.29 is 9.59 Å². The summed E-state index contributed by atoms with van der Waals surface area (Å²) in [4.78, 5) is 33.0. The van der Waals surface area contributed by atoms with Gasteiger partial charge in [0.25, 0.3) is 5.91 Å². The number of piperidine rings is 3. The fraction of sp³-hybridized carbons (Fsp3) is 0.688. The number of aromatic nitrogens is 2. The molecule has 3 fully saturated rings. The molecule has 6 nitrogen and oxygen atoms in total. The Labute approximate surface area is 130 Å². The van der Waals surface area contributed by atoms with Crippen LogP contribution in [0.3, 0.4) is 0 Å². The molecule has 118 valence electrons. The number of aryl methyl sites for hydroxylation is 1. The van der Waals surface area contributed by atoms with Crippen molar-refractivity contribution in [3.05, 3.63) is 18.2 Å². The summed E-state index contributed by atoms with van der Waals surface area (Å²) in [6, 6.07) is 0.344. The van der Waals surface area contributed by atoms with Gasteiger partial charge >= 0.3 is 0 Å². The highest BCUT2D eigenvalue weighted by Crippen LogP contribution is 2.38. The minimum Gasteiger partial charge on any atom is -0.340 e. The van der Waals surface area contributed by atoms with Crippen LogP contribution in [0.25, 0.3) is 0 Å². The van der Waals surface area contributed by atoms with Gasteiger partial charge in [-0.3, -0.25) is 9.59 Å². The maximum absolute atomic E-state index is 12.6. The summed E-state index contributed by atoms with van der Waals surface area (Å²) in [6.45, 7) is 2.34. The number of rotatable bonds is 1. The Kier molecular flexibility index (Phi) is 3.20. The van der Waals surface area contributed by atoms with Gasteiger partial charge in [0.15, 0.2) is 0 Å². The Bertz CT molecular complexity index is 611. The Morgan fingerprint density at radius 1 is 1.32 bits per heavy atom. The van der Waals surface area contributed by atoms with Crippen LogP contribution in [0.1, 0.15) is 36.2 Å². The number of hydrogen-bond donors (Lipinski definition) is 0. The molecule has 0 aliphatic carbocycles. The van der Waals surface area contributed by atoms with E-state index in [1.54, 1.807) is 17.1 Å². The highest BCUT2D eigenvalue weighted by atomic mass is 16.2. The molecular formula is C16H22N4O2. The summed E-state index contributed by atoms with van der Waals surface area (Å²) in [6.07, 6.45) is 7.39. The van der Waals surface area contributed by atoms with Gasteiger partial charge in [-0.15, -0.1) is 0 Å². The van der Waals surface area contributed by atoms with Crippen molar-refractivity contribution in [1.29, 1.82) is 0 Å². The number of nitrogens with zero attached hydrogens (tertiary/aromatic N) is 4. The highest BCUT2D eigenvalue weighted by molar-refractivity contribution is 5.92. The zero-order valence-electron chi connectivity index (χ0n) is 12.9. The van der Waals surface area contributed by atoms with Gasteiger partial charge in [0.05, 0.1) is 6.33 Å². The summed E-state index contributed by atoms with van der Waals surface area (Å²) < 4.78 is 1.81. The van der Waals surface area contributed by atoms with Crippen LogP contribution in [-0.2, 0) is 11.8 Å². The monoisotopic (exact) mass is 302 g/mol. The van der Waals surface area contributed by atoms with E-state index in [4.69, 9.17) is 0 Å². The molecule has 6 heteroatoms. The maximum atomic E-state index is 12.6. The second kappa shape index (κ2) is 5.11. The number of carbonyl (C=O) groups excluding carboxylic acids is 2. The van der Waals surface area contributed by atoms with Gasteiger partial charge in [-0.1, -0.05) is 0 Å². The summed E-state index contributed by atoms with van der Waals surface area (Å²) in [5, 5.41) is 0. The molecular weight excluding hydrogens is 280 g/mol. The third-order valence-electron chi connectivity index (χ3n) is 5.39. The van der Waals surface area contributed by atoms with E-state index in [2.05, 4.69) is 9.88 Å². The van der Waals surface area contributed by atoms with Crippen LogP contribution in [0, 0.1) is 11.8 Å². The highest BCUT2D eigenvalue weighted by Gasteiger charge is 2.44. The Morgan fingerprint density at radius 3 is 2.95 bits per heavy atom. The van der Waals surface area contributed by atoms with E-state index < -0.39 is 0 Å². The van der Waals surface area contributed by atoms with Gasteiger partial charge in [-0.05, 0) is 31.1 Å². The van der Waals surface area contributed by atoms with Crippen LogP contribution in [0.2, 0.25) is 0 Å². The van der Waals surface area contributed by atoms with Crippen LogP contribution in [0.4, 0.5) is 0 Å². The van der Waals surface area contributed by atoms with Gasteiger partial charge in [0.1, 0.15) is 5.69 Å². The predicted octanol–water partition coefficient (Wildman–Crippen LogP) is 0.893. The van der Waals surface area contributed by atoms with Crippen LogP contribution in [0.5, 0.6) is 0 Å². The van der Waals surface area contributed by atoms with Gasteiger partial charge in [0, 0.05) is 45.3 Å². The number of carbonyl (C=O) groups is 2. The third kappa shape index (κ3) is 2.21. The quantitative estimate of drug-likeness (QED) is 0.774. The van der Waals surface area contributed by atoms with E-state index in [0.717, 1.165) is 38.9 Å². The third-order valence-corrected chi connectivity index (χ3v) is 5.39. The molecule has 0 N–H and O–H groups in total. The first-order valence-electron chi connectivity index (χ1n) is 8.18. The molecule has 0 radical (unpaired) electrons. The van der Waals surface area contributed by atoms with Gasteiger partial charge in [-0.2, -0.15) is 0 Å². The lowest BCUT2D eigenvalue weighted by molar-refractivity contribution is -0.144. The SMILES string of the molecule is Cn1cnc(C(=O)N2CC3CC(C2)[C@H]2CCCC(=O)N2C3)c1. The fourth-order valence-corrected chi connectivity index (χ4v) is 4.46. The average molecular weight is 302 g/mol. The normalized spacial score (nSPS) is 31.1. The van der Waals surface area contributed by atoms with Crippen molar-refractivity contribution in [3.8, 4) is 0 Å². The molecule has 1 aromatic rings. The van der Waals surface area contributed by atoms with Crippen molar-refractivity contribution in [2.45, 2.75) is 31.7 Å². The van der Waals surface area contributed by atoms with E-state index in [1.165, 1.54) is 0 Å². The van der Waals surface area contributed by atoms with E-state index in [9.17, 15) is 9.59 Å². The molecule has 3 atom stereocenters. The average Bonchev–Trinajstić information content (AvgIpc) is 2.94. The number of likely N-dealkylation sites (tertiary alicyclic amines) is 1. The second-order valence-electron chi connectivity index (χ2n) is 7.00. The first-order valence-corrected chi connectivity index (χ1v) is 8.18. The van der Waals surface area contributed by atoms with E-state index in [-0.39, 0.29) is 5.91 Å². The molecule has 0 aromatic carbocycles. The molecule has 4 rings (SSSR count). The molecule has 1 aromatic heterocycles. The van der Waals surface area contributed by atoms with E-state index in [0.29, 0.717) is 35.9 Å². The van der Waals surface area contributed by atoms with Crippen LogP contribution >= 0.6 is 0 Å². The Hall–Kier alpha value is -1.85. The minimum atomic E-state index is 0.0332. The molecule has 0 saturated carbocycles. The number of hydrogen-bond acceptors (Lipinski definition) is 3. The topological polar surface area (TPSA) is 58.4 Å². The maximum Gasteiger partial charge on any atom is 0.274 e. The van der Waals surface area contributed by atoms with Crippen molar-refractivity contribution in [1.82, 2.24) is 19.4 Å². The van der Waals surface area contributed by atoms with E-state index >= 15 is 0 Å². The summed E-state index contributed by atoms with van der Waals surface area (Å²) >= 11 is 0. The summed E-state index contributed by atoms with van der Waals surface area (Å²) in [5.41, 5.74) is 0.527. The standard InChI is InChI=1S/C16H22N4O2/c1-18-9-13(17-10-18)16(22)19-6-11-5-12(8-19)14-3-2-4-15(21)20(14)7-11/h9-12,14H,2-8H2,1H3/t11?,12?,14-/m1/s1. The number of fused-ring (bicyclic) bond motifs is 4. The van der Waals surface area contributed by atoms with Gasteiger partial charge < -0.3 is 14.4 Å². The lowest BCUT2D eigenvalue weighted by Gasteiger charge is -2.52. The first-order chi connectivity index (χ1) is 10.6. The molecule has 4 heterocycles. The van der Waals surface area contributed by atoms with Crippen LogP contribution in [0.15, 0.2) is 12.5 Å². The van der Waals surface area contributed by atoms with Gasteiger partial charge in [0.2, 0.25) is 5.91 Å². The number of imidazole rings is 1. The smallest absolute Gasteiger partial charge is 0.274 e. The second-order valence-corrected chi connectivity index (χ2v) is 7.00. The lowest BCUT2D eigenvalue weighted by Crippen LogP contribution is -2.61. The molecule has 0 spiro atoms. The minimum absolute atomic E-state index is 0.0332. The van der Waals surface area contributed by atoms with Gasteiger partial charge in [-0.25, -0.2) is 4.98 Å². The zero-order chi connectivity index (χ0) is 15.3. The molecule has 3 aliphatic rings. The molecule has 2 bridgehead atoms. The van der Waals surface area contributed by atoms with Crippen molar-refractivity contribution in [2.75, 3.05) is 19.6 Å². The number of amides is 2. The molecule has 22 heavy (non-hydrogen) atoms. The largest absolute Gasteiger partial charge is 0.340 e. The summed E-state index contributed by atoms with van der Waals surface area (Å²) in [5.74, 6) is 1.20. The van der Waals surface area contributed by atoms with E-state index in [1.807, 2.05) is 11.9 Å². The zero-order valence-corrected chi connectivity index (χ0v) is 12.9. The van der Waals surface area contributed by atoms with Crippen LogP contribution < -0.4 is 0 Å². The van der Waals surface area contributed by atoms with Crippen LogP contribution in [-0.4, -0.2) is 56.8 Å². The molecule has 2 unspecified atom stereocenters. The first kappa shape index (κ1) is 13.8. The van der Waals surface area contributed by atoms with Crippen molar-refractivity contribution >= 4 is 11.8 Å². The van der Waals surface area contributed by atoms with Crippen molar-refractivity contribution in [2.24, 2.45) is 18.9 Å².